The summed E-state index contributed by atoms with van der Waals surface area (Å²) in [4.78, 5) is 0. The van der Waals surface area contributed by atoms with E-state index in [9.17, 15) is 8.78 Å². The zero-order chi connectivity index (χ0) is 15.4. The first-order valence-electron chi connectivity index (χ1n) is 6.90. The first kappa shape index (κ1) is 15.4. The lowest BCUT2D eigenvalue weighted by atomic mass is 10.0. The number of nitrogens with zero attached hydrogens (tertiary/aromatic N) is 2. The fraction of sp³-hybridized carbons (Fsp3) is 0.400. The quantitative estimate of drug-likeness (QED) is 0.890. The van der Waals surface area contributed by atoms with Crippen LogP contribution in [0.3, 0.4) is 0 Å². The molecule has 0 bridgehead atoms. The summed E-state index contributed by atoms with van der Waals surface area (Å²) in [6.45, 7) is 5.12. The summed E-state index contributed by atoms with van der Waals surface area (Å²) in [5.74, 6) is -0.610. The van der Waals surface area contributed by atoms with E-state index >= 15 is 0 Å². The van der Waals surface area contributed by atoms with Crippen molar-refractivity contribution in [2.45, 2.75) is 26.4 Å². The topological polar surface area (TPSA) is 39.1 Å². The number of benzene rings is 1. The molecule has 1 unspecified atom stereocenters. The lowest BCUT2D eigenvalue weighted by Gasteiger charge is -2.21. The van der Waals surface area contributed by atoms with Crippen molar-refractivity contribution in [1.29, 1.82) is 0 Å². The summed E-state index contributed by atoms with van der Waals surface area (Å²) in [6, 6.07) is 3.14. The molecule has 0 aliphatic heterocycles. The van der Waals surface area contributed by atoms with E-state index in [0.29, 0.717) is 24.4 Å². The fourth-order valence-corrected chi connectivity index (χ4v) is 2.37. The molecule has 0 aliphatic carbocycles. The van der Waals surface area contributed by atoms with Crippen LogP contribution in [0.2, 0.25) is 0 Å². The highest BCUT2D eigenvalue weighted by molar-refractivity contribution is 5.37. The van der Waals surface area contributed by atoms with E-state index in [0.717, 1.165) is 11.8 Å². The smallest absolute Gasteiger partial charge is 0.161 e. The van der Waals surface area contributed by atoms with Gasteiger partial charge in [0, 0.05) is 18.2 Å². The summed E-state index contributed by atoms with van der Waals surface area (Å²) >= 11 is 0. The van der Waals surface area contributed by atoms with E-state index in [4.69, 9.17) is 4.74 Å². The number of methoxy groups -OCH3 is 1. The van der Waals surface area contributed by atoms with Crippen LogP contribution in [0.5, 0.6) is 5.75 Å². The maximum Gasteiger partial charge on any atom is 0.161 e. The van der Waals surface area contributed by atoms with Crippen LogP contribution in [0.4, 0.5) is 8.78 Å². The third kappa shape index (κ3) is 3.05. The van der Waals surface area contributed by atoms with Gasteiger partial charge >= 0.3 is 0 Å². The van der Waals surface area contributed by atoms with Crippen LogP contribution >= 0.6 is 0 Å². The van der Waals surface area contributed by atoms with Crippen LogP contribution in [-0.4, -0.2) is 23.4 Å². The van der Waals surface area contributed by atoms with Gasteiger partial charge in [-0.05, 0) is 19.5 Å². The first-order chi connectivity index (χ1) is 10.1. The van der Waals surface area contributed by atoms with E-state index in [2.05, 4.69) is 10.4 Å². The molecule has 0 saturated heterocycles. The SMILES string of the molecule is CCNC(c1ccc(F)cc1F)c1c(OC)cnn1CC. The summed E-state index contributed by atoms with van der Waals surface area (Å²) < 4.78 is 34.3. The molecular formula is C15H19F2N3O. The number of rotatable bonds is 6. The molecule has 1 aromatic heterocycles. The molecule has 2 rings (SSSR count). The number of aryl methyl sites for hydroxylation is 1. The molecule has 1 aromatic carbocycles. The van der Waals surface area contributed by atoms with E-state index in [1.165, 1.54) is 12.1 Å². The lowest BCUT2D eigenvalue weighted by molar-refractivity contribution is 0.398. The molecule has 0 aliphatic rings. The maximum absolute atomic E-state index is 14.1. The first-order valence-corrected chi connectivity index (χ1v) is 6.90. The molecule has 1 N–H and O–H groups in total. The second kappa shape index (κ2) is 6.67. The molecule has 2 aromatic rings. The van der Waals surface area contributed by atoms with Crippen molar-refractivity contribution in [1.82, 2.24) is 15.1 Å². The minimum Gasteiger partial charge on any atom is -0.493 e. The molecule has 0 radical (unpaired) electrons. The minimum atomic E-state index is -0.595. The number of hydrogen-bond acceptors (Lipinski definition) is 3. The molecule has 0 spiro atoms. The normalized spacial score (nSPS) is 12.4. The van der Waals surface area contributed by atoms with Crippen molar-refractivity contribution >= 4 is 0 Å². The Morgan fingerprint density at radius 3 is 2.67 bits per heavy atom. The Kier molecular flexibility index (Phi) is 4.90. The second-order valence-electron chi connectivity index (χ2n) is 4.57. The number of halogens is 2. The van der Waals surface area contributed by atoms with Crippen LogP contribution in [0.1, 0.15) is 31.1 Å². The van der Waals surface area contributed by atoms with Gasteiger partial charge in [0.05, 0.1) is 19.3 Å². The van der Waals surface area contributed by atoms with E-state index in [-0.39, 0.29) is 0 Å². The van der Waals surface area contributed by atoms with Crippen molar-refractivity contribution in [3.8, 4) is 5.75 Å². The molecular weight excluding hydrogens is 276 g/mol. The van der Waals surface area contributed by atoms with Crippen molar-refractivity contribution in [3.63, 3.8) is 0 Å². The van der Waals surface area contributed by atoms with E-state index < -0.39 is 17.7 Å². The average molecular weight is 295 g/mol. The Morgan fingerprint density at radius 2 is 2.10 bits per heavy atom. The highest BCUT2D eigenvalue weighted by atomic mass is 19.1. The average Bonchev–Trinajstić information content (AvgIpc) is 2.88. The van der Waals surface area contributed by atoms with Crippen LogP contribution in [-0.2, 0) is 6.54 Å². The van der Waals surface area contributed by atoms with Gasteiger partial charge in [-0.3, -0.25) is 4.68 Å². The molecule has 1 atom stereocenters. The molecule has 4 nitrogen and oxygen atoms in total. The predicted molar refractivity (Wildman–Crippen MR) is 76.3 cm³/mol. The van der Waals surface area contributed by atoms with Gasteiger partial charge in [-0.1, -0.05) is 13.0 Å². The summed E-state index contributed by atoms with van der Waals surface area (Å²) in [5, 5.41) is 7.44. The van der Waals surface area contributed by atoms with Gasteiger partial charge in [-0.25, -0.2) is 8.78 Å². The zero-order valence-electron chi connectivity index (χ0n) is 12.4. The minimum absolute atomic E-state index is 0.367. The van der Waals surface area contributed by atoms with Gasteiger partial charge in [0.25, 0.3) is 0 Å². The van der Waals surface area contributed by atoms with Gasteiger partial charge in [0.1, 0.15) is 17.3 Å². The van der Waals surface area contributed by atoms with Crippen LogP contribution in [0.25, 0.3) is 0 Å². The Bertz CT molecular complexity index is 591. The van der Waals surface area contributed by atoms with E-state index in [1.807, 2.05) is 13.8 Å². The summed E-state index contributed by atoms with van der Waals surface area (Å²) in [7, 11) is 1.55. The van der Waals surface area contributed by atoms with E-state index in [1.54, 1.807) is 18.0 Å². The largest absolute Gasteiger partial charge is 0.493 e. The Hall–Kier alpha value is -1.95. The van der Waals surface area contributed by atoms with Gasteiger partial charge in [0.15, 0.2) is 5.75 Å². The molecule has 0 amide bonds. The van der Waals surface area contributed by atoms with Crippen LogP contribution < -0.4 is 10.1 Å². The highest BCUT2D eigenvalue weighted by Gasteiger charge is 2.25. The third-order valence-corrected chi connectivity index (χ3v) is 3.32. The molecule has 21 heavy (non-hydrogen) atoms. The molecule has 6 heteroatoms. The Morgan fingerprint density at radius 1 is 1.33 bits per heavy atom. The summed E-state index contributed by atoms with van der Waals surface area (Å²) in [6.07, 6.45) is 1.60. The zero-order valence-corrected chi connectivity index (χ0v) is 12.4. The second-order valence-corrected chi connectivity index (χ2v) is 4.57. The molecule has 1 heterocycles. The maximum atomic E-state index is 14.1. The number of aromatic nitrogens is 2. The molecule has 114 valence electrons. The number of ether oxygens (including phenoxy) is 1. The Balaban J connectivity index is 2.55. The number of nitrogens with one attached hydrogen (secondary N) is 1. The Labute approximate surface area is 122 Å². The monoisotopic (exact) mass is 295 g/mol. The van der Waals surface area contributed by atoms with Gasteiger partial charge < -0.3 is 10.1 Å². The fourth-order valence-electron chi connectivity index (χ4n) is 2.37. The van der Waals surface area contributed by atoms with Crippen LogP contribution in [0, 0.1) is 11.6 Å². The van der Waals surface area contributed by atoms with Crippen molar-refractivity contribution < 1.29 is 13.5 Å². The van der Waals surface area contributed by atoms with Gasteiger partial charge in [-0.15, -0.1) is 0 Å². The van der Waals surface area contributed by atoms with Crippen molar-refractivity contribution in [3.05, 3.63) is 47.3 Å². The standard InChI is InChI=1S/C15H19F2N3O/c1-4-18-14(11-7-6-10(16)8-12(11)17)15-13(21-3)9-19-20(15)5-2/h6-9,14,18H,4-5H2,1-3H3. The highest BCUT2D eigenvalue weighted by Crippen LogP contribution is 2.31. The summed E-state index contributed by atoms with van der Waals surface area (Å²) in [5.41, 5.74) is 1.10. The molecule has 0 fully saturated rings. The predicted octanol–water partition coefficient (Wildman–Crippen LogP) is 2.89. The van der Waals surface area contributed by atoms with Gasteiger partial charge in [-0.2, -0.15) is 5.10 Å². The van der Waals surface area contributed by atoms with Crippen molar-refractivity contribution in [2.24, 2.45) is 0 Å². The number of hydrogen-bond donors (Lipinski definition) is 1. The third-order valence-electron chi connectivity index (χ3n) is 3.32. The molecule has 0 saturated carbocycles. The van der Waals surface area contributed by atoms with Crippen LogP contribution in [0.15, 0.2) is 24.4 Å². The van der Waals surface area contributed by atoms with Crippen molar-refractivity contribution in [2.75, 3.05) is 13.7 Å². The lowest BCUT2D eigenvalue weighted by Crippen LogP contribution is -2.26. The van der Waals surface area contributed by atoms with Gasteiger partial charge in [0.2, 0.25) is 0 Å².